The molecule has 10 nitrogen and oxygen atoms in total. The van der Waals surface area contributed by atoms with Crippen molar-refractivity contribution in [3.8, 4) is 0 Å². The second kappa shape index (κ2) is 8.78. The Morgan fingerprint density at radius 3 is 2.62 bits per heavy atom. The Morgan fingerprint density at radius 1 is 1.22 bits per heavy atom. The summed E-state index contributed by atoms with van der Waals surface area (Å²) in [5, 5.41) is 2.54. The number of benzene rings is 1. The van der Waals surface area contributed by atoms with Crippen LogP contribution in [0, 0.1) is 6.92 Å². The van der Waals surface area contributed by atoms with Crippen molar-refractivity contribution in [3.63, 3.8) is 0 Å². The molecule has 1 aromatic heterocycles. The van der Waals surface area contributed by atoms with E-state index in [9.17, 15) is 31.2 Å². The molecule has 1 saturated heterocycles. The molecule has 2 amide bonds. The van der Waals surface area contributed by atoms with E-state index in [1.807, 2.05) is 4.72 Å². The number of likely N-dealkylation sites (N-methyl/N-ethyl adjacent to an activating group) is 1. The average molecular weight is 475 g/mol. The van der Waals surface area contributed by atoms with Gasteiger partial charge in [0.15, 0.2) is 5.69 Å². The minimum Gasteiger partial charge on any atom is -0.431 e. The van der Waals surface area contributed by atoms with Crippen molar-refractivity contribution in [2.45, 2.75) is 19.5 Å². The number of halogens is 3. The van der Waals surface area contributed by atoms with Gasteiger partial charge in [0.25, 0.3) is 11.9 Å². The Morgan fingerprint density at radius 2 is 1.94 bits per heavy atom. The molecule has 2 aromatic rings. The van der Waals surface area contributed by atoms with E-state index in [4.69, 9.17) is 4.42 Å². The molecule has 0 atom stereocenters. The van der Waals surface area contributed by atoms with Crippen LogP contribution in [0.5, 0.6) is 0 Å². The molecule has 1 aromatic carbocycles. The number of amides is 2. The lowest BCUT2D eigenvalue weighted by atomic mass is 10.1. The molecule has 0 saturated carbocycles. The fraction of sp³-hybridized carbons (Fsp3) is 0.389. The van der Waals surface area contributed by atoms with Gasteiger partial charge in [0.2, 0.25) is 5.91 Å². The van der Waals surface area contributed by atoms with Gasteiger partial charge in [-0.25, -0.2) is 4.72 Å². The maximum atomic E-state index is 12.9. The zero-order valence-electron chi connectivity index (χ0n) is 17.1. The summed E-state index contributed by atoms with van der Waals surface area (Å²) < 4.78 is 71.6. The van der Waals surface area contributed by atoms with Gasteiger partial charge in [-0.05, 0) is 24.6 Å². The van der Waals surface area contributed by atoms with Crippen molar-refractivity contribution < 1.29 is 35.6 Å². The molecule has 3 rings (SSSR count). The van der Waals surface area contributed by atoms with Crippen LogP contribution >= 0.6 is 0 Å². The highest BCUT2D eigenvalue weighted by atomic mass is 32.2. The molecule has 14 heteroatoms. The van der Waals surface area contributed by atoms with Crippen LogP contribution in [-0.2, 0) is 21.2 Å². The molecule has 174 valence electrons. The molecular weight excluding hydrogens is 455 g/mol. The molecule has 2 heterocycles. The number of carbonyl (C=O) groups is 2. The van der Waals surface area contributed by atoms with Crippen molar-refractivity contribution in [1.82, 2.24) is 18.9 Å². The number of carbonyl (C=O) groups excluding carboxylic acids is 2. The molecule has 0 unspecified atom stereocenters. The first kappa shape index (κ1) is 23.5. The summed E-state index contributed by atoms with van der Waals surface area (Å²) in [5.41, 5.74) is -0.767. The largest absolute Gasteiger partial charge is 0.431 e. The number of rotatable bonds is 5. The first-order valence-corrected chi connectivity index (χ1v) is 10.8. The number of anilines is 2. The molecule has 32 heavy (non-hydrogen) atoms. The number of oxazole rings is 1. The minimum absolute atomic E-state index is 0.00526. The normalized spacial score (nSPS) is 16.0. The van der Waals surface area contributed by atoms with Crippen LogP contribution in [0.4, 0.5) is 24.9 Å². The van der Waals surface area contributed by atoms with Crippen LogP contribution in [0.15, 0.2) is 28.9 Å². The highest BCUT2D eigenvalue weighted by molar-refractivity contribution is 7.87. The summed E-state index contributed by atoms with van der Waals surface area (Å²) in [6, 6.07) is 2.75. The lowest BCUT2D eigenvalue weighted by Gasteiger charge is -2.19. The lowest BCUT2D eigenvalue weighted by molar-refractivity contribution is -0.137. The Kier molecular flexibility index (Phi) is 6.46. The second-order valence-corrected chi connectivity index (χ2v) is 8.76. The van der Waals surface area contributed by atoms with Gasteiger partial charge in [-0.1, -0.05) is 6.07 Å². The van der Waals surface area contributed by atoms with Gasteiger partial charge in [0.05, 0.1) is 5.56 Å². The van der Waals surface area contributed by atoms with Crippen LogP contribution < -0.4 is 10.0 Å². The topological polar surface area (TPSA) is 125 Å². The van der Waals surface area contributed by atoms with E-state index in [1.165, 1.54) is 11.0 Å². The van der Waals surface area contributed by atoms with E-state index in [1.54, 1.807) is 14.0 Å². The maximum Gasteiger partial charge on any atom is 0.416 e. The molecule has 0 bridgehead atoms. The molecule has 1 aliphatic rings. The zero-order chi connectivity index (χ0) is 23.7. The molecule has 0 radical (unpaired) electrons. The summed E-state index contributed by atoms with van der Waals surface area (Å²) in [6.45, 7) is 1.65. The van der Waals surface area contributed by atoms with Crippen LogP contribution in [0.1, 0.15) is 28.0 Å². The van der Waals surface area contributed by atoms with Crippen LogP contribution in [0.2, 0.25) is 0 Å². The Labute approximate surface area is 181 Å². The molecule has 2 N–H and O–H groups in total. The van der Waals surface area contributed by atoms with E-state index < -0.39 is 33.6 Å². The number of hydrogen-bond donors (Lipinski definition) is 2. The average Bonchev–Trinajstić information content (AvgIpc) is 3.09. The van der Waals surface area contributed by atoms with Crippen molar-refractivity contribution in [2.24, 2.45) is 0 Å². The molecular formula is C18H20F3N5O5S. The Bertz CT molecular complexity index is 1130. The zero-order valence-corrected chi connectivity index (χ0v) is 17.9. The second-order valence-electron chi connectivity index (χ2n) is 7.09. The summed E-state index contributed by atoms with van der Waals surface area (Å²) in [7, 11) is -2.70. The molecule has 0 spiro atoms. The van der Waals surface area contributed by atoms with Crippen molar-refractivity contribution >= 4 is 33.7 Å². The van der Waals surface area contributed by atoms with Crippen molar-refractivity contribution in [3.05, 3.63) is 41.3 Å². The number of nitrogens with one attached hydrogen (secondary N) is 2. The van der Waals surface area contributed by atoms with Crippen LogP contribution in [0.25, 0.3) is 0 Å². The molecule has 0 aliphatic carbocycles. The van der Waals surface area contributed by atoms with E-state index in [0.717, 1.165) is 22.7 Å². The highest BCUT2D eigenvalue weighted by Gasteiger charge is 2.31. The third-order valence-electron chi connectivity index (χ3n) is 4.79. The quantitative estimate of drug-likeness (QED) is 0.677. The lowest BCUT2D eigenvalue weighted by Crippen LogP contribution is -2.45. The molecule has 1 fully saturated rings. The third-order valence-corrected chi connectivity index (χ3v) is 6.28. The van der Waals surface area contributed by atoms with Gasteiger partial charge < -0.3 is 14.6 Å². The fourth-order valence-electron chi connectivity index (χ4n) is 2.87. The van der Waals surface area contributed by atoms with Gasteiger partial charge >= 0.3 is 16.4 Å². The standard InChI is InChI=1S/C18H20F3N5O5S/c1-11-3-4-12(18(19,20)21)9-13(11)22-17-23-14(10-31-17)16(28)24-32(29,30)26-6-5-15(27)25(2)7-8-26/h3-4,9-10H,5-8H2,1-2H3,(H,22,23)(H,24,28). The number of aromatic nitrogens is 1. The number of alkyl halides is 3. The number of nitrogens with zero attached hydrogens (tertiary/aromatic N) is 3. The highest BCUT2D eigenvalue weighted by Crippen LogP contribution is 2.32. The Balaban J connectivity index is 1.70. The van der Waals surface area contributed by atoms with Gasteiger partial charge in [0, 0.05) is 38.8 Å². The minimum atomic E-state index is -4.55. The van der Waals surface area contributed by atoms with Crippen molar-refractivity contribution in [1.29, 1.82) is 0 Å². The summed E-state index contributed by atoms with van der Waals surface area (Å²) >= 11 is 0. The van der Waals surface area contributed by atoms with Gasteiger partial charge in [-0.3, -0.25) is 9.59 Å². The SMILES string of the molecule is Cc1ccc(C(F)(F)F)cc1Nc1nc(C(=O)NS(=O)(=O)N2CCC(=O)N(C)CC2)co1. The molecule has 1 aliphatic heterocycles. The van der Waals surface area contributed by atoms with Crippen LogP contribution in [-0.4, -0.2) is 61.1 Å². The summed E-state index contributed by atoms with van der Waals surface area (Å²) in [4.78, 5) is 29.2. The first-order valence-electron chi connectivity index (χ1n) is 9.33. The van der Waals surface area contributed by atoms with Gasteiger partial charge in [0.1, 0.15) is 6.26 Å². The fourth-order valence-corrected chi connectivity index (χ4v) is 3.99. The van der Waals surface area contributed by atoms with E-state index in [-0.39, 0.29) is 43.7 Å². The monoisotopic (exact) mass is 475 g/mol. The first-order chi connectivity index (χ1) is 14.9. The van der Waals surface area contributed by atoms with E-state index in [2.05, 4.69) is 10.3 Å². The van der Waals surface area contributed by atoms with Gasteiger partial charge in [-0.15, -0.1) is 0 Å². The van der Waals surface area contributed by atoms with E-state index in [0.29, 0.717) is 5.56 Å². The Hall–Kier alpha value is -3.13. The smallest absolute Gasteiger partial charge is 0.416 e. The third kappa shape index (κ3) is 5.37. The summed E-state index contributed by atoms with van der Waals surface area (Å²) in [5.74, 6) is -1.31. The number of aryl methyl sites for hydroxylation is 1. The maximum absolute atomic E-state index is 12.9. The number of hydrogen-bond acceptors (Lipinski definition) is 7. The van der Waals surface area contributed by atoms with Crippen molar-refractivity contribution in [2.75, 3.05) is 32.0 Å². The van der Waals surface area contributed by atoms with Gasteiger partial charge in [-0.2, -0.15) is 30.9 Å². The predicted octanol–water partition coefficient (Wildman–Crippen LogP) is 1.88. The van der Waals surface area contributed by atoms with Crippen LogP contribution in [0.3, 0.4) is 0 Å². The summed E-state index contributed by atoms with van der Waals surface area (Å²) in [6.07, 6.45) is -3.71. The van der Waals surface area contributed by atoms with E-state index >= 15 is 0 Å². The predicted molar refractivity (Wildman–Crippen MR) is 106 cm³/mol.